The van der Waals surface area contributed by atoms with E-state index in [2.05, 4.69) is 18.8 Å². The van der Waals surface area contributed by atoms with Crippen LogP contribution < -0.4 is 5.73 Å². The standard InChI is InChI=1S/C14H20N2O2/c1-3-10(4-2)8-17-9-13-16-14-11(15)6-5-7-12(14)18-13/h5-7,10H,3-4,8-9,15H2,1-2H3. The quantitative estimate of drug-likeness (QED) is 0.796. The van der Waals surface area contributed by atoms with Crippen LogP contribution in [-0.2, 0) is 11.3 Å². The van der Waals surface area contributed by atoms with Gasteiger partial charge in [-0.3, -0.25) is 0 Å². The highest BCUT2D eigenvalue weighted by atomic mass is 16.5. The zero-order chi connectivity index (χ0) is 13.0. The van der Waals surface area contributed by atoms with Gasteiger partial charge in [0.15, 0.2) is 5.58 Å². The molecule has 2 aromatic rings. The molecular formula is C14H20N2O2. The minimum atomic E-state index is 0.407. The number of para-hydroxylation sites is 1. The van der Waals surface area contributed by atoms with Gasteiger partial charge in [-0.05, 0) is 18.1 Å². The van der Waals surface area contributed by atoms with Crippen molar-refractivity contribution in [2.24, 2.45) is 5.92 Å². The molecule has 2 N–H and O–H groups in total. The molecule has 4 heteroatoms. The number of hydrogen-bond donors (Lipinski definition) is 1. The predicted octanol–water partition coefficient (Wildman–Crippen LogP) is 3.36. The maximum atomic E-state index is 5.83. The summed E-state index contributed by atoms with van der Waals surface area (Å²) >= 11 is 0. The van der Waals surface area contributed by atoms with E-state index in [1.54, 1.807) is 0 Å². The largest absolute Gasteiger partial charge is 0.438 e. The first-order chi connectivity index (χ1) is 8.74. The first kappa shape index (κ1) is 12.9. The van der Waals surface area contributed by atoms with E-state index in [0.29, 0.717) is 24.1 Å². The van der Waals surface area contributed by atoms with Crippen LogP contribution in [-0.4, -0.2) is 11.6 Å². The van der Waals surface area contributed by atoms with E-state index in [9.17, 15) is 0 Å². The average Bonchev–Trinajstić information content (AvgIpc) is 2.79. The Morgan fingerprint density at radius 2 is 2.11 bits per heavy atom. The number of benzene rings is 1. The second-order valence-corrected chi connectivity index (χ2v) is 4.50. The van der Waals surface area contributed by atoms with Crippen LogP contribution in [0.25, 0.3) is 11.1 Å². The fourth-order valence-corrected chi connectivity index (χ4v) is 1.91. The average molecular weight is 248 g/mol. The Bertz CT molecular complexity index is 503. The van der Waals surface area contributed by atoms with Crippen molar-refractivity contribution >= 4 is 16.8 Å². The molecule has 4 nitrogen and oxygen atoms in total. The van der Waals surface area contributed by atoms with Crippen molar-refractivity contribution in [2.75, 3.05) is 12.3 Å². The molecule has 0 fully saturated rings. The summed E-state index contributed by atoms with van der Waals surface area (Å²) in [6.45, 7) is 5.52. The molecule has 0 atom stereocenters. The van der Waals surface area contributed by atoms with Crippen LogP contribution in [0.15, 0.2) is 22.6 Å². The van der Waals surface area contributed by atoms with E-state index in [1.807, 2.05) is 18.2 Å². The fraction of sp³-hybridized carbons (Fsp3) is 0.500. The summed E-state index contributed by atoms with van der Waals surface area (Å²) in [4.78, 5) is 4.34. The summed E-state index contributed by atoms with van der Waals surface area (Å²) in [7, 11) is 0. The Labute approximate surface area is 107 Å². The van der Waals surface area contributed by atoms with Crippen molar-refractivity contribution in [3.63, 3.8) is 0 Å². The van der Waals surface area contributed by atoms with Gasteiger partial charge in [0.1, 0.15) is 12.1 Å². The monoisotopic (exact) mass is 248 g/mol. The van der Waals surface area contributed by atoms with E-state index < -0.39 is 0 Å². The summed E-state index contributed by atoms with van der Waals surface area (Å²) in [6, 6.07) is 5.54. The molecule has 1 aromatic carbocycles. The normalized spacial score (nSPS) is 11.5. The van der Waals surface area contributed by atoms with E-state index in [1.165, 1.54) is 0 Å². The third-order valence-electron chi connectivity index (χ3n) is 3.23. The molecule has 0 aliphatic heterocycles. The minimum Gasteiger partial charge on any atom is -0.438 e. The van der Waals surface area contributed by atoms with Gasteiger partial charge in [-0.1, -0.05) is 32.8 Å². The molecule has 98 valence electrons. The van der Waals surface area contributed by atoms with Crippen LogP contribution in [0.3, 0.4) is 0 Å². The third-order valence-corrected chi connectivity index (χ3v) is 3.23. The van der Waals surface area contributed by atoms with E-state index in [-0.39, 0.29) is 0 Å². The molecule has 1 heterocycles. The Kier molecular flexibility index (Phi) is 4.20. The number of fused-ring (bicyclic) bond motifs is 1. The molecule has 2 rings (SSSR count). The highest BCUT2D eigenvalue weighted by Crippen LogP contribution is 2.21. The Hall–Kier alpha value is -1.55. The fourth-order valence-electron chi connectivity index (χ4n) is 1.91. The summed E-state index contributed by atoms with van der Waals surface area (Å²) in [5.74, 6) is 1.20. The number of ether oxygens (including phenoxy) is 1. The highest BCUT2D eigenvalue weighted by molar-refractivity contribution is 5.85. The highest BCUT2D eigenvalue weighted by Gasteiger charge is 2.09. The molecule has 0 aliphatic carbocycles. The molecule has 1 aromatic heterocycles. The van der Waals surface area contributed by atoms with Gasteiger partial charge >= 0.3 is 0 Å². The van der Waals surface area contributed by atoms with Crippen LogP contribution in [0, 0.1) is 5.92 Å². The van der Waals surface area contributed by atoms with Crippen LogP contribution in [0.1, 0.15) is 32.6 Å². The lowest BCUT2D eigenvalue weighted by Gasteiger charge is -2.11. The number of rotatable bonds is 6. The van der Waals surface area contributed by atoms with Crippen molar-refractivity contribution in [3.05, 3.63) is 24.1 Å². The van der Waals surface area contributed by atoms with Gasteiger partial charge in [-0.2, -0.15) is 0 Å². The van der Waals surface area contributed by atoms with Crippen LogP contribution in [0.4, 0.5) is 5.69 Å². The van der Waals surface area contributed by atoms with E-state index in [4.69, 9.17) is 14.9 Å². The molecule has 0 saturated carbocycles. The van der Waals surface area contributed by atoms with Gasteiger partial charge < -0.3 is 14.9 Å². The molecule has 0 amide bonds. The molecule has 18 heavy (non-hydrogen) atoms. The molecule has 0 unspecified atom stereocenters. The molecule has 0 bridgehead atoms. The van der Waals surface area contributed by atoms with Crippen LogP contribution >= 0.6 is 0 Å². The number of nitrogens with zero attached hydrogens (tertiary/aromatic N) is 1. The van der Waals surface area contributed by atoms with Gasteiger partial charge in [0.05, 0.1) is 12.3 Å². The third kappa shape index (κ3) is 2.82. The lowest BCUT2D eigenvalue weighted by Crippen LogP contribution is -2.07. The van der Waals surface area contributed by atoms with Crippen molar-refractivity contribution < 1.29 is 9.15 Å². The Morgan fingerprint density at radius 3 is 2.78 bits per heavy atom. The summed E-state index contributed by atoms with van der Waals surface area (Å²) in [5.41, 5.74) is 7.91. The zero-order valence-electron chi connectivity index (χ0n) is 11.0. The molecule has 0 aliphatic rings. The number of anilines is 1. The second-order valence-electron chi connectivity index (χ2n) is 4.50. The molecule has 0 saturated heterocycles. The summed E-state index contributed by atoms with van der Waals surface area (Å²) < 4.78 is 11.2. The molecule has 0 radical (unpaired) electrons. The Morgan fingerprint density at radius 1 is 1.33 bits per heavy atom. The first-order valence-electron chi connectivity index (χ1n) is 6.46. The van der Waals surface area contributed by atoms with E-state index >= 15 is 0 Å². The van der Waals surface area contributed by atoms with Gasteiger partial charge in [0.25, 0.3) is 0 Å². The van der Waals surface area contributed by atoms with Crippen molar-refractivity contribution in [2.45, 2.75) is 33.3 Å². The van der Waals surface area contributed by atoms with Crippen molar-refractivity contribution in [3.8, 4) is 0 Å². The minimum absolute atomic E-state index is 0.407. The molecular weight excluding hydrogens is 228 g/mol. The van der Waals surface area contributed by atoms with Gasteiger partial charge in [0.2, 0.25) is 5.89 Å². The lowest BCUT2D eigenvalue weighted by molar-refractivity contribution is 0.0711. The van der Waals surface area contributed by atoms with Crippen molar-refractivity contribution in [1.82, 2.24) is 4.98 Å². The van der Waals surface area contributed by atoms with Gasteiger partial charge in [-0.25, -0.2) is 4.98 Å². The number of aromatic nitrogens is 1. The summed E-state index contributed by atoms with van der Waals surface area (Å²) in [5, 5.41) is 0. The zero-order valence-corrected chi connectivity index (χ0v) is 11.0. The van der Waals surface area contributed by atoms with Crippen molar-refractivity contribution in [1.29, 1.82) is 0 Å². The maximum Gasteiger partial charge on any atom is 0.221 e. The number of nitrogen functional groups attached to an aromatic ring is 1. The smallest absolute Gasteiger partial charge is 0.221 e. The number of oxazole rings is 1. The number of hydrogen-bond acceptors (Lipinski definition) is 4. The van der Waals surface area contributed by atoms with Crippen LogP contribution in [0.2, 0.25) is 0 Å². The molecule has 0 spiro atoms. The maximum absolute atomic E-state index is 5.83. The first-order valence-corrected chi connectivity index (χ1v) is 6.46. The van der Waals surface area contributed by atoms with Crippen LogP contribution in [0.5, 0.6) is 0 Å². The number of nitrogens with two attached hydrogens (primary N) is 1. The topological polar surface area (TPSA) is 61.3 Å². The summed E-state index contributed by atoms with van der Waals surface area (Å²) in [6.07, 6.45) is 2.27. The predicted molar refractivity (Wildman–Crippen MR) is 72.1 cm³/mol. The second kappa shape index (κ2) is 5.87. The van der Waals surface area contributed by atoms with Gasteiger partial charge in [0, 0.05) is 0 Å². The SMILES string of the molecule is CCC(CC)COCc1nc2c(N)cccc2o1. The lowest BCUT2D eigenvalue weighted by atomic mass is 10.1. The van der Waals surface area contributed by atoms with Gasteiger partial charge in [-0.15, -0.1) is 0 Å². The van der Waals surface area contributed by atoms with E-state index in [0.717, 1.165) is 30.5 Å². The Balaban J connectivity index is 1.98.